The molecule has 0 fully saturated rings. The number of carbonyl (C=O) groups excluding carboxylic acids is 1. The van der Waals surface area contributed by atoms with Crippen molar-refractivity contribution in [1.29, 1.82) is 0 Å². The zero-order valence-corrected chi connectivity index (χ0v) is 8.97. The standard InChI is InChI=1S/C10H12N2OS/c1-7(2)12-10(13)8-5-3-4-6-9(8)14-11-12/h3-7,11H,1-2H3. The number of hydrazine groups is 1. The Bertz CT molecular complexity index is 365. The van der Waals surface area contributed by atoms with Crippen LogP contribution in [0, 0.1) is 0 Å². The third kappa shape index (κ3) is 1.51. The molecule has 0 atom stereocenters. The van der Waals surface area contributed by atoms with Crippen molar-refractivity contribution in [1.82, 2.24) is 9.84 Å². The van der Waals surface area contributed by atoms with Gasteiger partial charge in [0, 0.05) is 10.9 Å². The van der Waals surface area contributed by atoms with Gasteiger partial charge in [-0.3, -0.25) is 9.80 Å². The molecule has 1 aliphatic heterocycles. The Morgan fingerprint density at radius 2 is 2.07 bits per heavy atom. The molecule has 0 unspecified atom stereocenters. The van der Waals surface area contributed by atoms with Crippen molar-refractivity contribution in [3.63, 3.8) is 0 Å². The van der Waals surface area contributed by atoms with Crippen LogP contribution in [0.5, 0.6) is 0 Å². The Kier molecular flexibility index (Phi) is 2.48. The number of nitrogens with zero attached hydrogens (tertiary/aromatic N) is 1. The van der Waals surface area contributed by atoms with Crippen LogP contribution >= 0.6 is 11.9 Å². The monoisotopic (exact) mass is 208 g/mol. The quantitative estimate of drug-likeness (QED) is 0.717. The van der Waals surface area contributed by atoms with Gasteiger partial charge in [-0.05, 0) is 37.9 Å². The summed E-state index contributed by atoms with van der Waals surface area (Å²) in [5.74, 6) is 0.0503. The maximum Gasteiger partial charge on any atom is 0.270 e. The molecule has 0 spiro atoms. The van der Waals surface area contributed by atoms with E-state index in [-0.39, 0.29) is 11.9 Å². The van der Waals surface area contributed by atoms with Crippen molar-refractivity contribution in [3.8, 4) is 0 Å². The molecule has 0 saturated carbocycles. The van der Waals surface area contributed by atoms with E-state index in [0.717, 1.165) is 10.5 Å². The second-order valence-electron chi connectivity index (χ2n) is 3.46. The minimum absolute atomic E-state index is 0.0503. The molecule has 1 aliphatic rings. The van der Waals surface area contributed by atoms with Crippen LogP contribution in [-0.4, -0.2) is 17.0 Å². The highest BCUT2D eigenvalue weighted by atomic mass is 32.2. The molecule has 1 N–H and O–H groups in total. The fourth-order valence-electron chi connectivity index (χ4n) is 1.34. The third-order valence-electron chi connectivity index (χ3n) is 2.11. The normalized spacial score (nSPS) is 15.9. The molecule has 1 aromatic rings. The molecule has 1 amide bonds. The lowest BCUT2D eigenvalue weighted by atomic mass is 10.2. The van der Waals surface area contributed by atoms with Gasteiger partial charge in [0.1, 0.15) is 0 Å². The summed E-state index contributed by atoms with van der Waals surface area (Å²) in [7, 11) is 0. The van der Waals surface area contributed by atoms with E-state index in [4.69, 9.17) is 0 Å². The molecule has 0 saturated heterocycles. The van der Waals surface area contributed by atoms with Crippen LogP contribution in [0.15, 0.2) is 29.2 Å². The maximum atomic E-state index is 11.9. The van der Waals surface area contributed by atoms with Crippen molar-refractivity contribution < 1.29 is 4.79 Å². The molecule has 0 aliphatic carbocycles. The van der Waals surface area contributed by atoms with Crippen LogP contribution in [0.1, 0.15) is 24.2 Å². The van der Waals surface area contributed by atoms with Gasteiger partial charge in [-0.25, -0.2) is 0 Å². The van der Waals surface area contributed by atoms with Crippen LogP contribution in [0.3, 0.4) is 0 Å². The lowest BCUT2D eigenvalue weighted by Gasteiger charge is -2.31. The average molecular weight is 208 g/mol. The Labute approximate surface area is 87.6 Å². The summed E-state index contributed by atoms with van der Waals surface area (Å²) >= 11 is 1.48. The number of nitrogens with one attached hydrogen (secondary N) is 1. The highest BCUT2D eigenvalue weighted by molar-refractivity contribution is 7.97. The van der Waals surface area contributed by atoms with Gasteiger partial charge in [-0.2, -0.15) is 4.83 Å². The van der Waals surface area contributed by atoms with Crippen molar-refractivity contribution in [3.05, 3.63) is 29.8 Å². The minimum Gasteiger partial charge on any atom is -0.268 e. The summed E-state index contributed by atoms with van der Waals surface area (Å²) in [6.45, 7) is 3.97. The van der Waals surface area contributed by atoms with Crippen LogP contribution in [0.4, 0.5) is 0 Å². The van der Waals surface area contributed by atoms with Gasteiger partial charge in [0.2, 0.25) is 0 Å². The summed E-state index contributed by atoms with van der Waals surface area (Å²) in [6.07, 6.45) is 0. The highest BCUT2D eigenvalue weighted by Gasteiger charge is 2.25. The lowest BCUT2D eigenvalue weighted by molar-refractivity contribution is 0.0655. The predicted molar refractivity (Wildman–Crippen MR) is 56.7 cm³/mol. The maximum absolute atomic E-state index is 11.9. The molecular weight excluding hydrogens is 196 g/mol. The first kappa shape index (κ1) is 9.55. The van der Waals surface area contributed by atoms with Gasteiger partial charge in [0.25, 0.3) is 5.91 Å². The van der Waals surface area contributed by atoms with Gasteiger partial charge in [0.05, 0.1) is 5.56 Å². The first-order valence-electron chi connectivity index (χ1n) is 4.55. The summed E-state index contributed by atoms with van der Waals surface area (Å²) in [6, 6.07) is 7.81. The summed E-state index contributed by atoms with van der Waals surface area (Å²) < 4.78 is 0. The second kappa shape index (κ2) is 3.63. The molecule has 0 bridgehead atoms. The molecule has 74 valence electrons. The van der Waals surface area contributed by atoms with Gasteiger partial charge in [-0.15, -0.1) is 0 Å². The Morgan fingerprint density at radius 1 is 1.36 bits per heavy atom. The smallest absolute Gasteiger partial charge is 0.268 e. The summed E-state index contributed by atoms with van der Waals surface area (Å²) in [5.41, 5.74) is 0.782. The molecule has 2 rings (SSSR count). The van der Waals surface area contributed by atoms with E-state index in [1.54, 1.807) is 5.01 Å². The molecule has 0 aromatic heterocycles. The molecule has 14 heavy (non-hydrogen) atoms. The number of hydrogen-bond donors (Lipinski definition) is 1. The number of hydrogen-bond acceptors (Lipinski definition) is 3. The number of benzene rings is 1. The summed E-state index contributed by atoms with van der Waals surface area (Å²) in [5, 5.41) is 1.65. The lowest BCUT2D eigenvalue weighted by Crippen LogP contribution is -2.46. The van der Waals surface area contributed by atoms with E-state index >= 15 is 0 Å². The fourth-order valence-corrected chi connectivity index (χ4v) is 2.24. The van der Waals surface area contributed by atoms with Crippen LogP contribution in [-0.2, 0) is 0 Å². The second-order valence-corrected chi connectivity index (χ2v) is 4.28. The van der Waals surface area contributed by atoms with E-state index in [0.29, 0.717) is 0 Å². The van der Waals surface area contributed by atoms with Gasteiger partial charge >= 0.3 is 0 Å². The van der Waals surface area contributed by atoms with Gasteiger partial charge < -0.3 is 0 Å². The van der Waals surface area contributed by atoms with Crippen molar-refractivity contribution in [2.45, 2.75) is 24.8 Å². The van der Waals surface area contributed by atoms with Gasteiger partial charge in [-0.1, -0.05) is 12.1 Å². The van der Waals surface area contributed by atoms with Crippen LogP contribution in [0.25, 0.3) is 0 Å². The Morgan fingerprint density at radius 3 is 2.79 bits per heavy atom. The molecule has 1 aromatic carbocycles. The summed E-state index contributed by atoms with van der Waals surface area (Å²) in [4.78, 5) is 15.9. The zero-order valence-electron chi connectivity index (χ0n) is 8.15. The molecule has 1 heterocycles. The van der Waals surface area contributed by atoms with E-state index < -0.39 is 0 Å². The minimum atomic E-state index is 0.0503. The van der Waals surface area contributed by atoms with Gasteiger partial charge in [0.15, 0.2) is 0 Å². The molecular formula is C10H12N2OS. The zero-order chi connectivity index (χ0) is 10.1. The van der Waals surface area contributed by atoms with Crippen molar-refractivity contribution in [2.75, 3.05) is 0 Å². The number of rotatable bonds is 1. The Balaban J connectivity index is 2.37. The van der Waals surface area contributed by atoms with E-state index in [1.165, 1.54) is 11.9 Å². The first-order valence-corrected chi connectivity index (χ1v) is 5.37. The van der Waals surface area contributed by atoms with Crippen LogP contribution < -0.4 is 4.83 Å². The average Bonchev–Trinajstić information content (AvgIpc) is 2.18. The fraction of sp³-hybridized carbons (Fsp3) is 0.300. The Hall–Kier alpha value is -1.00. The number of fused-ring (bicyclic) bond motifs is 1. The SMILES string of the molecule is CC(C)N1NSc2ccccc2C1=O. The van der Waals surface area contributed by atoms with Crippen molar-refractivity contribution >= 4 is 17.9 Å². The van der Waals surface area contributed by atoms with E-state index in [9.17, 15) is 4.79 Å². The predicted octanol–water partition coefficient (Wildman–Crippen LogP) is 2.06. The topological polar surface area (TPSA) is 32.3 Å². The molecule has 4 heteroatoms. The number of amides is 1. The highest BCUT2D eigenvalue weighted by Crippen LogP contribution is 2.26. The van der Waals surface area contributed by atoms with Crippen molar-refractivity contribution in [2.24, 2.45) is 0 Å². The molecule has 3 nitrogen and oxygen atoms in total. The largest absolute Gasteiger partial charge is 0.270 e. The molecule has 0 radical (unpaired) electrons. The van der Waals surface area contributed by atoms with Crippen LogP contribution in [0.2, 0.25) is 0 Å². The van der Waals surface area contributed by atoms with E-state index in [2.05, 4.69) is 4.83 Å². The number of carbonyl (C=O) groups is 1. The first-order chi connectivity index (χ1) is 6.70. The third-order valence-corrected chi connectivity index (χ3v) is 2.97. The van der Waals surface area contributed by atoms with E-state index in [1.807, 2.05) is 38.1 Å².